The Balaban J connectivity index is 1.74. The summed E-state index contributed by atoms with van der Waals surface area (Å²) in [6, 6.07) is 17.5. The standard InChI is InChI=1S/C17H20N2/c18-16-10-11-19-17-9-8-14(12-15(16)17)7-6-13-4-2-1-3-5-13/h1-5,8-9,12,16,19H,6-7,10-11,18H2. The van der Waals surface area contributed by atoms with Gasteiger partial charge in [-0.2, -0.15) is 0 Å². The molecule has 0 radical (unpaired) electrons. The van der Waals surface area contributed by atoms with E-state index in [-0.39, 0.29) is 6.04 Å². The van der Waals surface area contributed by atoms with E-state index < -0.39 is 0 Å². The lowest BCUT2D eigenvalue weighted by Crippen LogP contribution is -2.22. The number of nitrogens with two attached hydrogens (primary N) is 1. The lowest BCUT2D eigenvalue weighted by atomic mass is 9.94. The van der Waals surface area contributed by atoms with Gasteiger partial charge in [0.05, 0.1) is 0 Å². The van der Waals surface area contributed by atoms with Crippen molar-refractivity contribution in [2.24, 2.45) is 5.73 Å². The molecule has 3 rings (SSSR count). The zero-order valence-electron chi connectivity index (χ0n) is 11.1. The predicted octanol–water partition coefficient (Wildman–Crippen LogP) is 3.29. The summed E-state index contributed by atoms with van der Waals surface area (Å²) in [5.74, 6) is 0. The highest BCUT2D eigenvalue weighted by Gasteiger charge is 2.16. The molecular weight excluding hydrogens is 232 g/mol. The summed E-state index contributed by atoms with van der Waals surface area (Å²) in [7, 11) is 0. The molecule has 0 amide bonds. The summed E-state index contributed by atoms with van der Waals surface area (Å²) < 4.78 is 0. The van der Waals surface area contributed by atoms with Crippen molar-refractivity contribution in [3.05, 3.63) is 65.2 Å². The Morgan fingerprint density at radius 3 is 2.63 bits per heavy atom. The minimum atomic E-state index is 0.188. The minimum absolute atomic E-state index is 0.188. The SMILES string of the molecule is NC1CCNc2ccc(CCc3ccccc3)cc21. The van der Waals surface area contributed by atoms with Crippen molar-refractivity contribution in [3.63, 3.8) is 0 Å². The zero-order chi connectivity index (χ0) is 13.1. The van der Waals surface area contributed by atoms with Crippen molar-refractivity contribution in [1.29, 1.82) is 0 Å². The highest BCUT2D eigenvalue weighted by atomic mass is 14.9. The van der Waals surface area contributed by atoms with Crippen LogP contribution in [0.3, 0.4) is 0 Å². The molecule has 3 N–H and O–H groups in total. The first-order chi connectivity index (χ1) is 9.33. The number of anilines is 1. The Bertz CT molecular complexity index is 548. The highest BCUT2D eigenvalue weighted by molar-refractivity contribution is 5.56. The van der Waals surface area contributed by atoms with Crippen LogP contribution in [0.5, 0.6) is 0 Å². The number of nitrogens with one attached hydrogen (secondary N) is 1. The van der Waals surface area contributed by atoms with Gasteiger partial charge in [0.15, 0.2) is 0 Å². The first kappa shape index (κ1) is 12.2. The minimum Gasteiger partial charge on any atom is -0.385 e. The summed E-state index contributed by atoms with van der Waals surface area (Å²) in [6.45, 7) is 0.984. The first-order valence-corrected chi connectivity index (χ1v) is 6.99. The van der Waals surface area contributed by atoms with Crippen LogP contribution >= 0.6 is 0 Å². The fraction of sp³-hybridized carbons (Fsp3) is 0.294. The third-order valence-electron chi connectivity index (χ3n) is 3.83. The van der Waals surface area contributed by atoms with E-state index in [1.165, 1.54) is 22.4 Å². The summed E-state index contributed by atoms with van der Waals surface area (Å²) in [5.41, 5.74) is 11.4. The van der Waals surface area contributed by atoms with Gasteiger partial charge in [0, 0.05) is 18.3 Å². The van der Waals surface area contributed by atoms with Gasteiger partial charge in [0.2, 0.25) is 0 Å². The molecule has 2 nitrogen and oxygen atoms in total. The van der Waals surface area contributed by atoms with Crippen LogP contribution in [-0.2, 0) is 12.8 Å². The molecule has 0 bridgehead atoms. The average Bonchev–Trinajstić information content (AvgIpc) is 2.47. The van der Waals surface area contributed by atoms with E-state index in [4.69, 9.17) is 5.73 Å². The van der Waals surface area contributed by atoms with Gasteiger partial charge in [-0.15, -0.1) is 0 Å². The summed E-state index contributed by atoms with van der Waals surface area (Å²) in [5, 5.41) is 3.41. The van der Waals surface area contributed by atoms with E-state index in [1.807, 2.05) is 0 Å². The quantitative estimate of drug-likeness (QED) is 0.879. The van der Waals surface area contributed by atoms with Gasteiger partial charge >= 0.3 is 0 Å². The maximum absolute atomic E-state index is 6.18. The lowest BCUT2D eigenvalue weighted by Gasteiger charge is -2.24. The van der Waals surface area contributed by atoms with Gasteiger partial charge in [0.1, 0.15) is 0 Å². The van der Waals surface area contributed by atoms with Gasteiger partial charge in [-0.1, -0.05) is 42.5 Å². The molecule has 2 aromatic carbocycles. The third-order valence-corrected chi connectivity index (χ3v) is 3.83. The van der Waals surface area contributed by atoms with Crippen molar-refractivity contribution < 1.29 is 0 Å². The highest BCUT2D eigenvalue weighted by Crippen LogP contribution is 2.29. The normalized spacial score (nSPS) is 17.6. The molecular formula is C17H20N2. The van der Waals surface area contributed by atoms with Crippen molar-refractivity contribution in [2.75, 3.05) is 11.9 Å². The van der Waals surface area contributed by atoms with Crippen molar-refractivity contribution >= 4 is 5.69 Å². The van der Waals surface area contributed by atoms with Gasteiger partial charge in [-0.3, -0.25) is 0 Å². The monoisotopic (exact) mass is 252 g/mol. The Morgan fingerprint density at radius 2 is 1.79 bits per heavy atom. The average molecular weight is 252 g/mol. The van der Waals surface area contributed by atoms with Crippen LogP contribution in [0.1, 0.15) is 29.2 Å². The van der Waals surface area contributed by atoms with E-state index in [1.54, 1.807) is 0 Å². The second kappa shape index (κ2) is 5.45. The van der Waals surface area contributed by atoms with Crippen molar-refractivity contribution in [2.45, 2.75) is 25.3 Å². The van der Waals surface area contributed by atoms with Gasteiger partial charge in [-0.05, 0) is 42.0 Å². The molecule has 1 unspecified atom stereocenters. The first-order valence-electron chi connectivity index (χ1n) is 6.99. The number of rotatable bonds is 3. The van der Waals surface area contributed by atoms with E-state index >= 15 is 0 Å². The molecule has 1 aliphatic heterocycles. The van der Waals surface area contributed by atoms with Gasteiger partial charge < -0.3 is 11.1 Å². The van der Waals surface area contributed by atoms with Crippen molar-refractivity contribution in [1.82, 2.24) is 0 Å². The van der Waals surface area contributed by atoms with E-state index in [0.29, 0.717) is 0 Å². The fourth-order valence-corrected chi connectivity index (χ4v) is 2.69. The number of benzene rings is 2. The second-order valence-corrected chi connectivity index (χ2v) is 5.23. The molecule has 0 aliphatic carbocycles. The van der Waals surface area contributed by atoms with Crippen LogP contribution in [0.25, 0.3) is 0 Å². The Labute approximate surface area is 114 Å². The van der Waals surface area contributed by atoms with Crippen LogP contribution in [-0.4, -0.2) is 6.54 Å². The molecule has 0 fully saturated rings. The Morgan fingerprint density at radius 1 is 1.00 bits per heavy atom. The predicted molar refractivity (Wildman–Crippen MR) is 80.3 cm³/mol. The number of aryl methyl sites for hydroxylation is 2. The van der Waals surface area contributed by atoms with Gasteiger partial charge in [0.25, 0.3) is 0 Å². The summed E-state index contributed by atoms with van der Waals surface area (Å²) >= 11 is 0. The molecule has 0 saturated heterocycles. The molecule has 1 atom stereocenters. The van der Waals surface area contributed by atoms with Crippen LogP contribution in [0.15, 0.2) is 48.5 Å². The van der Waals surface area contributed by atoms with E-state index in [9.17, 15) is 0 Å². The molecule has 2 aromatic rings. The second-order valence-electron chi connectivity index (χ2n) is 5.23. The van der Waals surface area contributed by atoms with Gasteiger partial charge in [-0.25, -0.2) is 0 Å². The number of hydrogen-bond donors (Lipinski definition) is 2. The summed E-state index contributed by atoms with van der Waals surface area (Å²) in [4.78, 5) is 0. The Hall–Kier alpha value is -1.80. The van der Waals surface area contributed by atoms with Crippen LogP contribution in [0, 0.1) is 0 Å². The maximum atomic E-state index is 6.18. The van der Waals surface area contributed by atoms with Crippen molar-refractivity contribution in [3.8, 4) is 0 Å². The fourth-order valence-electron chi connectivity index (χ4n) is 2.69. The molecule has 2 heteroatoms. The molecule has 0 aromatic heterocycles. The van der Waals surface area contributed by atoms with Crippen LogP contribution in [0.4, 0.5) is 5.69 Å². The molecule has 1 aliphatic rings. The maximum Gasteiger partial charge on any atom is 0.0388 e. The smallest absolute Gasteiger partial charge is 0.0388 e. The molecule has 0 spiro atoms. The number of hydrogen-bond acceptors (Lipinski definition) is 2. The number of fused-ring (bicyclic) bond motifs is 1. The molecule has 98 valence electrons. The van der Waals surface area contributed by atoms with Crippen LogP contribution in [0.2, 0.25) is 0 Å². The molecule has 0 saturated carbocycles. The lowest BCUT2D eigenvalue weighted by molar-refractivity contribution is 0.653. The Kier molecular flexibility index (Phi) is 3.51. The van der Waals surface area contributed by atoms with E-state index in [2.05, 4.69) is 53.8 Å². The van der Waals surface area contributed by atoms with E-state index in [0.717, 1.165) is 25.8 Å². The molecule has 1 heterocycles. The topological polar surface area (TPSA) is 38.0 Å². The zero-order valence-corrected chi connectivity index (χ0v) is 11.1. The van der Waals surface area contributed by atoms with Crippen LogP contribution < -0.4 is 11.1 Å². The summed E-state index contributed by atoms with van der Waals surface area (Å²) in [6.07, 6.45) is 3.18. The molecule has 19 heavy (non-hydrogen) atoms. The largest absolute Gasteiger partial charge is 0.385 e. The third kappa shape index (κ3) is 2.79.